The number of anilines is 1. The maximum absolute atomic E-state index is 13.1. The number of piperidine rings is 1. The summed E-state index contributed by atoms with van der Waals surface area (Å²) < 4.78 is 38.0. The Morgan fingerprint density at radius 2 is 1.86 bits per heavy atom. The van der Waals surface area contributed by atoms with E-state index < -0.39 is 28.5 Å². The number of carbonyl (C=O) groups excluding carboxylic acids is 2. The molecular weight excluding hydrogens is 384 g/mol. The first-order valence-corrected chi connectivity index (χ1v) is 11.0. The maximum atomic E-state index is 13.1. The van der Waals surface area contributed by atoms with E-state index in [1.165, 1.54) is 16.4 Å². The van der Waals surface area contributed by atoms with Crippen molar-refractivity contribution in [2.75, 3.05) is 31.6 Å². The van der Waals surface area contributed by atoms with Gasteiger partial charge in [0.2, 0.25) is 10.0 Å². The number of ether oxygens (including phenoxy) is 2. The fourth-order valence-electron chi connectivity index (χ4n) is 2.93. The quantitative estimate of drug-likeness (QED) is 0.626. The average Bonchev–Trinajstić information content (AvgIpc) is 2.68. The van der Waals surface area contributed by atoms with Crippen LogP contribution in [0.5, 0.6) is 5.75 Å². The predicted octanol–water partition coefficient (Wildman–Crippen LogP) is 2.54. The molecule has 1 aliphatic heterocycles. The first-order valence-electron chi connectivity index (χ1n) is 9.61. The Morgan fingerprint density at radius 3 is 2.50 bits per heavy atom. The number of hydrogen-bond donors (Lipinski definition) is 1. The third kappa shape index (κ3) is 5.93. The summed E-state index contributed by atoms with van der Waals surface area (Å²) in [7, 11) is -3.73. The van der Waals surface area contributed by atoms with Crippen LogP contribution in [-0.4, -0.2) is 50.9 Å². The molecular formula is C19H28N2O6S. The van der Waals surface area contributed by atoms with Gasteiger partial charge in [-0.2, -0.15) is 4.31 Å². The summed E-state index contributed by atoms with van der Waals surface area (Å²) in [4.78, 5) is 23.4. The number of esters is 1. The molecule has 28 heavy (non-hydrogen) atoms. The highest BCUT2D eigenvalue weighted by Crippen LogP contribution is 2.31. The van der Waals surface area contributed by atoms with Gasteiger partial charge >= 0.3 is 5.97 Å². The Labute approximate surface area is 166 Å². The summed E-state index contributed by atoms with van der Waals surface area (Å²) in [6.45, 7) is 4.46. The van der Waals surface area contributed by atoms with Crippen molar-refractivity contribution in [3.8, 4) is 5.75 Å². The highest BCUT2D eigenvalue weighted by atomic mass is 32.2. The van der Waals surface area contributed by atoms with Crippen LogP contribution in [0.1, 0.15) is 46.0 Å². The number of benzene rings is 1. The number of rotatable bonds is 9. The van der Waals surface area contributed by atoms with E-state index in [4.69, 9.17) is 9.47 Å². The molecule has 1 saturated heterocycles. The Hall–Kier alpha value is -2.13. The number of nitrogens with one attached hydrogen (secondary N) is 1. The van der Waals surface area contributed by atoms with E-state index in [0.717, 1.165) is 19.3 Å². The first-order chi connectivity index (χ1) is 13.4. The summed E-state index contributed by atoms with van der Waals surface area (Å²) in [6.07, 6.45) is 3.54. The second-order valence-electron chi connectivity index (χ2n) is 6.52. The van der Waals surface area contributed by atoms with Gasteiger partial charge in [-0.25, -0.2) is 8.42 Å². The van der Waals surface area contributed by atoms with Crippen LogP contribution >= 0.6 is 0 Å². The number of carbonyl (C=O) groups is 2. The molecule has 1 fully saturated rings. The van der Waals surface area contributed by atoms with Crippen molar-refractivity contribution in [2.24, 2.45) is 0 Å². The van der Waals surface area contributed by atoms with Gasteiger partial charge in [0.1, 0.15) is 10.6 Å². The largest absolute Gasteiger partial charge is 0.492 e. The van der Waals surface area contributed by atoms with Crippen molar-refractivity contribution in [2.45, 2.75) is 50.8 Å². The molecule has 0 aliphatic carbocycles. The molecule has 0 atom stereocenters. The molecule has 0 spiro atoms. The van der Waals surface area contributed by atoms with Crippen LogP contribution in [-0.2, 0) is 24.3 Å². The van der Waals surface area contributed by atoms with Gasteiger partial charge in [-0.3, -0.25) is 9.59 Å². The maximum Gasteiger partial charge on any atom is 0.306 e. The van der Waals surface area contributed by atoms with Crippen LogP contribution in [0.3, 0.4) is 0 Å². The Kier molecular flexibility index (Phi) is 8.25. The van der Waals surface area contributed by atoms with Crippen molar-refractivity contribution >= 4 is 27.6 Å². The number of sulfonamides is 1. The van der Waals surface area contributed by atoms with E-state index in [-0.39, 0.29) is 17.1 Å². The van der Waals surface area contributed by atoms with Gasteiger partial charge in [-0.05, 0) is 44.4 Å². The molecule has 1 aromatic rings. The summed E-state index contributed by atoms with van der Waals surface area (Å²) in [5.41, 5.74) is 0.301. The van der Waals surface area contributed by atoms with E-state index in [1.807, 2.05) is 6.92 Å². The molecule has 1 aromatic carbocycles. The molecule has 0 aromatic heterocycles. The lowest BCUT2D eigenvalue weighted by atomic mass is 10.2. The molecule has 0 unspecified atom stereocenters. The predicted molar refractivity (Wildman–Crippen MR) is 105 cm³/mol. The van der Waals surface area contributed by atoms with Crippen molar-refractivity contribution in [1.29, 1.82) is 0 Å². The van der Waals surface area contributed by atoms with Gasteiger partial charge in [0.25, 0.3) is 5.91 Å². The monoisotopic (exact) mass is 412 g/mol. The summed E-state index contributed by atoms with van der Waals surface area (Å²) in [5, 5.41) is 2.57. The number of hydrogen-bond acceptors (Lipinski definition) is 6. The van der Waals surface area contributed by atoms with Crippen LogP contribution in [0.4, 0.5) is 5.69 Å². The summed E-state index contributed by atoms with van der Waals surface area (Å²) >= 11 is 0. The van der Waals surface area contributed by atoms with Crippen LogP contribution < -0.4 is 10.1 Å². The topological polar surface area (TPSA) is 102 Å². The smallest absolute Gasteiger partial charge is 0.306 e. The average molecular weight is 413 g/mol. The Morgan fingerprint density at radius 1 is 1.14 bits per heavy atom. The normalized spacial score (nSPS) is 15.1. The van der Waals surface area contributed by atoms with Crippen molar-refractivity contribution in [3.63, 3.8) is 0 Å². The lowest BCUT2D eigenvalue weighted by Crippen LogP contribution is -2.35. The molecule has 1 heterocycles. The number of amides is 1. The van der Waals surface area contributed by atoms with Crippen molar-refractivity contribution < 1.29 is 27.5 Å². The minimum atomic E-state index is -3.73. The van der Waals surface area contributed by atoms with E-state index in [0.29, 0.717) is 31.8 Å². The van der Waals surface area contributed by atoms with Crippen LogP contribution in [0.25, 0.3) is 0 Å². The SMILES string of the molecule is CCCC(=O)OCC(=O)Nc1ccc(OCC)c(S(=O)(=O)N2CCCCC2)c1. The van der Waals surface area contributed by atoms with Crippen LogP contribution in [0.2, 0.25) is 0 Å². The fourth-order valence-corrected chi connectivity index (χ4v) is 4.60. The molecule has 1 aliphatic rings. The molecule has 1 amide bonds. The lowest BCUT2D eigenvalue weighted by molar-refractivity contribution is -0.147. The van der Waals surface area contributed by atoms with Gasteiger partial charge < -0.3 is 14.8 Å². The van der Waals surface area contributed by atoms with Crippen LogP contribution in [0.15, 0.2) is 23.1 Å². The molecule has 8 nitrogen and oxygen atoms in total. The lowest BCUT2D eigenvalue weighted by Gasteiger charge is -2.27. The molecule has 9 heteroatoms. The van der Waals surface area contributed by atoms with Gasteiger partial charge in [0, 0.05) is 25.2 Å². The Bertz CT molecular complexity index is 788. The van der Waals surface area contributed by atoms with Crippen LogP contribution in [0, 0.1) is 0 Å². The van der Waals surface area contributed by atoms with Gasteiger partial charge in [0.05, 0.1) is 6.61 Å². The third-order valence-corrected chi connectivity index (χ3v) is 6.20. The second kappa shape index (κ2) is 10.4. The van der Waals surface area contributed by atoms with Crippen molar-refractivity contribution in [3.05, 3.63) is 18.2 Å². The highest BCUT2D eigenvalue weighted by Gasteiger charge is 2.29. The highest BCUT2D eigenvalue weighted by molar-refractivity contribution is 7.89. The van der Waals surface area contributed by atoms with E-state index in [1.54, 1.807) is 13.0 Å². The van der Waals surface area contributed by atoms with Gasteiger partial charge in [0.15, 0.2) is 6.61 Å². The van der Waals surface area contributed by atoms with Gasteiger partial charge in [-0.15, -0.1) is 0 Å². The van der Waals surface area contributed by atoms with Crippen molar-refractivity contribution in [1.82, 2.24) is 4.31 Å². The zero-order valence-corrected chi connectivity index (χ0v) is 17.2. The van der Waals surface area contributed by atoms with Gasteiger partial charge in [-0.1, -0.05) is 13.3 Å². The molecule has 1 N–H and O–H groups in total. The van der Waals surface area contributed by atoms with E-state index in [2.05, 4.69) is 5.32 Å². The zero-order chi connectivity index (χ0) is 20.6. The van der Waals surface area contributed by atoms with E-state index in [9.17, 15) is 18.0 Å². The Balaban J connectivity index is 2.18. The second-order valence-corrected chi connectivity index (χ2v) is 8.42. The zero-order valence-electron chi connectivity index (χ0n) is 16.4. The fraction of sp³-hybridized carbons (Fsp3) is 0.579. The minimum absolute atomic E-state index is 0.0250. The molecule has 0 saturated carbocycles. The van der Waals surface area contributed by atoms with E-state index >= 15 is 0 Å². The standard InChI is InChI=1S/C19H28N2O6S/c1-3-8-19(23)27-14-18(22)20-15-9-10-16(26-4-2)17(13-15)28(24,25)21-11-6-5-7-12-21/h9-10,13H,3-8,11-12,14H2,1-2H3,(H,20,22). The third-order valence-electron chi connectivity index (χ3n) is 4.28. The molecule has 0 radical (unpaired) electrons. The minimum Gasteiger partial charge on any atom is -0.492 e. The summed E-state index contributed by atoms with van der Waals surface area (Å²) in [6, 6.07) is 4.48. The molecule has 0 bridgehead atoms. The first kappa shape index (κ1) is 22.2. The summed E-state index contributed by atoms with van der Waals surface area (Å²) in [5.74, 6) is -0.729. The number of nitrogens with zero attached hydrogens (tertiary/aromatic N) is 1. The molecule has 156 valence electrons. The molecule has 2 rings (SSSR count).